The van der Waals surface area contributed by atoms with E-state index in [1.807, 2.05) is 0 Å². The maximum Gasteiger partial charge on any atom is 0.275 e. The number of hydrogen-bond acceptors (Lipinski definition) is 4. The van der Waals surface area contributed by atoms with Crippen molar-refractivity contribution >= 4 is 11.4 Å². The number of nitro benzene ring substituents is 1. The molecule has 0 spiro atoms. The van der Waals surface area contributed by atoms with Crippen molar-refractivity contribution in [1.82, 2.24) is 0 Å². The van der Waals surface area contributed by atoms with Crippen LogP contribution in [0.2, 0.25) is 0 Å². The van der Waals surface area contributed by atoms with Crippen LogP contribution in [0.4, 0.5) is 11.4 Å². The van der Waals surface area contributed by atoms with Gasteiger partial charge < -0.3 is 10.0 Å². The molecule has 1 aliphatic rings. The van der Waals surface area contributed by atoms with Crippen LogP contribution >= 0.6 is 0 Å². The zero-order valence-electron chi connectivity index (χ0n) is 10.7. The number of hydrogen-bond donors (Lipinski definition) is 1. The second kappa shape index (κ2) is 4.94. The minimum Gasteiger partial charge on any atom is -0.391 e. The number of aliphatic hydroxyl groups is 1. The number of aliphatic hydroxyl groups excluding tert-OH is 1. The molecular formula is C13H18N2O3. The maximum atomic E-state index is 10.8. The molecule has 0 bridgehead atoms. The number of rotatable bonds is 3. The van der Waals surface area contributed by atoms with E-state index in [0.29, 0.717) is 17.4 Å². The molecule has 1 aliphatic heterocycles. The third-order valence-corrected chi connectivity index (χ3v) is 3.78. The number of nitrogens with zero attached hydrogens (tertiary/aromatic N) is 2. The van der Waals surface area contributed by atoms with E-state index in [9.17, 15) is 15.2 Å². The largest absolute Gasteiger partial charge is 0.391 e. The van der Waals surface area contributed by atoms with Gasteiger partial charge in [0.15, 0.2) is 0 Å². The lowest BCUT2D eigenvalue weighted by atomic mass is 10.0. The van der Waals surface area contributed by atoms with Gasteiger partial charge in [0.2, 0.25) is 0 Å². The molecule has 18 heavy (non-hydrogen) atoms. The van der Waals surface area contributed by atoms with E-state index in [4.69, 9.17) is 0 Å². The third kappa shape index (κ3) is 2.31. The predicted octanol–water partition coefficient (Wildman–Crippen LogP) is 2.18. The molecule has 2 rings (SSSR count). The fraction of sp³-hybridized carbons (Fsp3) is 0.538. The quantitative estimate of drug-likeness (QED) is 0.659. The summed E-state index contributed by atoms with van der Waals surface area (Å²) in [5.41, 5.74) is 1.33. The van der Waals surface area contributed by atoms with Crippen LogP contribution in [0, 0.1) is 22.0 Å². The molecule has 5 heteroatoms. The second-order valence-electron chi connectivity index (χ2n) is 5.09. The second-order valence-corrected chi connectivity index (χ2v) is 5.09. The Labute approximate surface area is 106 Å². The maximum absolute atomic E-state index is 10.8. The van der Waals surface area contributed by atoms with Crippen LogP contribution in [0.3, 0.4) is 0 Å². The Bertz CT molecular complexity index is 452. The zero-order chi connectivity index (χ0) is 13.3. The van der Waals surface area contributed by atoms with Crippen LogP contribution in [0.15, 0.2) is 18.2 Å². The lowest BCUT2D eigenvalue weighted by Gasteiger charge is -2.19. The first-order valence-corrected chi connectivity index (χ1v) is 6.16. The summed E-state index contributed by atoms with van der Waals surface area (Å²) in [7, 11) is 0. The lowest BCUT2D eigenvalue weighted by Crippen LogP contribution is -2.19. The molecule has 1 heterocycles. The highest BCUT2D eigenvalue weighted by molar-refractivity contribution is 5.56. The van der Waals surface area contributed by atoms with E-state index in [1.165, 1.54) is 6.07 Å². The average molecular weight is 250 g/mol. The molecule has 0 radical (unpaired) electrons. The first kappa shape index (κ1) is 12.8. The van der Waals surface area contributed by atoms with Gasteiger partial charge >= 0.3 is 0 Å². The molecule has 5 nitrogen and oxygen atoms in total. The molecule has 98 valence electrons. The van der Waals surface area contributed by atoms with Crippen LogP contribution in [0.1, 0.15) is 19.4 Å². The van der Waals surface area contributed by atoms with Crippen molar-refractivity contribution in [2.24, 2.45) is 11.8 Å². The molecule has 2 atom stereocenters. The Hall–Kier alpha value is -1.62. The van der Waals surface area contributed by atoms with E-state index < -0.39 is 4.92 Å². The molecule has 0 aromatic heterocycles. The van der Waals surface area contributed by atoms with Gasteiger partial charge in [-0.25, -0.2) is 0 Å². The third-order valence-electron chi connectivity index (χ3n) is 3.78. The van der Waals surface area contributed by atoms with Gasteiger partial charge in [-0.1, -0.05) is 13.8 Å². The van der Waals surface area contributed by atoms with Crippen molar-refractivity contribution in [2.45, 2.75) is 20.5 Å². The average Bonchev–Trinajstić information content (AvgIpc) is 2.68. The molecule has 1 saturated heterocycles. The SMILES string of the molecule is CC1CN(c2ccc([N+](=O)[O-])c(CO)c2)CC1C. The van der Waals surface area contributed by atoms with Crippen molar-refractivity contribution in [3.05, 3.63) is 33.9 Å². The van der Waals surface area contributed by atoms with Gasteiger partial charge in [-0.2, -0.15) is 0 Å². The van der Waals surface area contributed by atoms with Gasteiger partial charge in [0, 0.05) is 24.8 Å². The Balaban J connectivity index is 2.28. The topological polar surface area (TPSA) is 66.6 Å². The Kier molecular flexibility index (Phi) is 3.52. The summed E-state index contributed by atoms with van der Waals surface area (Å²) >= 11 is 0. The van der Waals surface area contributed by atoms with Gasteiger partial charge in [0.1, 0.15) is 0 Å². The number of benzene rings is 1. The van der Waals surface area contributed by atoms with E-state index in [1.54, 1.807) is 12.1 Å². The predicted molar refractivity (Wildman–Crippen MR) is 69.6 cm³/mol. The highest BCUT2D eigenvalue weighted by Gasteiger charge is 2.27. The highest BCUT2D eigenvalue weighted by Crippen LogP contribution is 2.30. The summed E-state index contributed by atoms with van der Waals surface area (Å²) in [6, 6.07) is 4.97. The summed E-state index contributed by atoms with van der Waals surface area (Å²) in [5, 5.41) is 20.0. The fourth-order valence-electron chi connectivity index (χ4n) is 2.41. The smallest absolute Gasteiger partial charge is 0.275 e. The highest BCUT2D eigenvalue weighted by atomic mass is 16.6. The van der Waals surface area contributed by atoms with Crippen molar-refractivity contribution in [1.29, 1.82) is 0 Å². The lowest BCUT2D eigenvalue weighted by molar-refractivity contribution is -0.385. The molecule has 1 N–H and O–H groups in total. The minimum absolute atomic E-state index is 0.0125. The number of nitro groups is 1. The van der Waals surface area contributed by atoms with Crippen molar-refractivity contribution in [3.63, 3.8) is 0 Å². The molecular weight excluding hydrogens is 232 g/mol. The monoisotopic (exact) mass is 250 g/mol. The van der Waals surface area contributed by atoms with Crippen molar-refractivity contribution in [3.8, 4) is 0 Å². The van der Waals surface area contributed by atoms with E-state index in [-0.39, 0.29) is 12.3 Å². The molecule has 0 aliphatic carbocycles. The van der Waals surface area contributed by atoms with E-state index in [2.05, 4.69) is 18.7 Å². The first-order chi connectivity index (χ1) is 8.52. The molecule has 1 fully saturated rings. The molecule has 1 aromatic carbocycles. The summed E-state index contributed by atoms with van der Waals surface area (Å²) in [6.45, 7) is 6.04. The van der Waals surface area contributed by atoms with Gasteiger partial charge in [0.05, 0.1) is 17.1 Å². The Morgan fingerprint density at radius 1 is 1.39 bits per heavy atom. The summed E-state index contributed by atoms with van der Waals surface area (Å²) in [6.07, 6.45) is 0. The standard InChI is InChI=1S/C13H18N2O3/c1-9-6-14(7-10(9)2)12-3-4-13(15(17)18)11(5-12)8-16/h3-5,9-10,16H,6-8H2,1-2H3. The van der Waals surface area contributed by atoms with Crippen molar-refractivity contribution < 1.29 is 10.0 Å². The summed E-state index contributed by atoms with van der Waals surface area (Å²) in [5.74, 6) is 1.25. The van der Waals surface area contributed by atoms with E-state index >= 15 is 0 Å². The van der Waals surface area contributed by atoms with Gasteiger partial charge in [0.25, 0.3) is 5.69 Å². The minimum atomic E-state index is -0.454. The molecule has 0 saturated carbocycles. The fourth-order valence-corrected chi connectivity index (χ4v) is 2.41. The van der Waals surface area contributed by atoms with E-state index in [0.717, 1.165) is 18.8 Å². The first-order valence-electron chi connectivity index (χ1n) is 6.16. The zero-order valence-corrected chi connectivity index (χ0v) is 10.7. The van der Waals surface area contributed by atoms with Gasteiger partial charge in [-0.3, -0.25) is 10.1 Å². The van der Waals surface area contributed by atoms with Crippen LogP contribution in [-0.4, -0.2) is 23.1 Å². The van der Waals surface area contributed by atoms with Crippen LogP contribution < -0.4 is 4.90 Å². The summed E-state index contributed by atoms with van der Waals surface area (Å²) < 4.78 is 0. The number of anilines is 1. The Morgan fingerprint density at radius 3 is 2.50 bits per heavy atom. The van der Waals surface area contributed by atoms with Gasteiger partial charge in [-0.05, 0) is 24.0 Å². The summed E-state index contributed by atoms with van der Waals surface area (Å²) in [4.78, 5) is 12.6. The molecule has 0 amide bonds. The molecule has 1 aromatic rings. The molecule has 2 unspecified atom stereocenters. The van der Waals surface area contributed by atoms with Crippen molar-refractivity contribution in [2.75, 3.05) is 18.0 Å². The normalized spacial score (nSPS) is 23.4. The Morgan fingerprint density at radius 2 is 2.00 bits per heavy atom. The van der Waals surface area contributed by atoms with Crippen LogP contribution in [0.25, 0.3) is 0 Å². The van der Waals surface area contributed by atoms with Gasteiger partial charge in [-0.15, -0.1) is 0 Å². The van der Waals surface area contributed by atoms with Crippen LogP contribution in [-0.2, 0) is 6.61 Å². The van der Waals surface area contributed by atoms with Crippen LogP contribution in [0.5, 0.6) is 0 Å².